The van der Waals surface area contributed by atoms with E-state index in [0.29, 0.717) is 12.8 Å². The lowest BCUT2D eigenvalue weighted by molar-refractivity contribution is -0.385. The van der Waals surface area contributed by atoms with Crippen molar-refractivity contribution in [1.82, 2.24) is 15.1 Å². The van der Waals surface area contributed by atoms with E-state index in [1.165, 1.54) is 17.0 Å². The van der Waals surface area contributed by atoms with Crippen LogP contribution < -0.4 is 5.32 Å². The highest BCUT2D eigenvalue weighted by Gasteiger charge is 2.28. The molecule has 0 radical (unpaired) electrons. The van der Waals surface area contributed by atoms with Gasteiger partial charge in [-0.3, -0.25) is 10.1 Å². The average Bonchev–Trinajstić information content (AvgIpc) is 2.73. The molecule has 1 heterocycles. The molecule has 31 heavy (non-hydrogen) atoms. The molecule has 7 nitrogen and oxygen atoms in total. The number of benzene rings is 2. The van der Waals surface area contributed by atoms with Crippen molar-refractivity contribution >= 4 is 11.7 Å². The Kier molecular flexibility index (Phi) is 7.11. The number of likely N-dealkylation sites (tertiary alicyclic amines) is 1. The van der Waals surface area contributed by atoms with E-state index in [0.717, 1.165) is 37.4 Å². The third-order valence-corrected chi connectivity index (χ3v) is 5.42. The summed E-state index contributed by atoms with van der Waals surface area (Å²) in [7, 11) is 1.97. The van der Waals surface area contributed by atoms with Gasteiger partial charge in [-0.05, 0) is 45.1 Å². The Bertz CT molecular complexity index is 965. The summed E-state index contributed by atoms with van der Waals surface area (Å²) in [6.07, 6.45) is 1.36. The normalized spacial score (nSPS) is 15.0. The van der Waals surface area contributed by atoms with Gasteiger partial charge in [0.05, 0.1) is 17.5 Å². The predicted molar refractivity (Wildman–Crippen MR) is 108 cm³/mol. The van der Waals surface area contributed by atoms with Gasteiger partial charge in [0, 0.05) is 35.8 Å². The second-order valence-corrected chi connectivity index (χ2v) is 7.59. The maximum atomic E-state index is 14.2. The van der Waals surface area contributed by atoms with Gasteiger partial charge in [0.1, 0.15) is 17.5 Å². The molecular formula is C21H23F3N4O3. The number of rotatable bonds is 6. The molecule has 1 aliphatic heterocycles. The number of hydrogen-bond acceptors (Lipinski definition) is 4. The summed E-state index contributed by atoms with van der Waals surface area (Å²) in [4.78, 5) is 26.6. The lowest BCUT2D eigenvalue weighted by Gasteiger charge is -2.37. The molecule has 1 saturated heterocycles. The van der Waals surface area contributed by atoms with Gasteiger partial charge in [0.2, 0.25) is 0 Å². The van der Waals surface area contributed by atoms with Crippen LogP contribution in [0.1, 0.15) is 24.0 Å². The monoisotopic (exact) mass is 436 g/mol. The van der Waals surface area contributed by atoms with Crippen LogP contribution in [0.3, 0.4) is 0 Å². The van der Waals surface area contributed by atoms with Crippen molar-refractivity contribution in [3.05, 3.63) is 75.1 Å². The Labute approximate surface area is 177 Å². The zero-order valence-corrected chi connectivity index (χ0v) is 17.0. The van der Waals surface area contributed by atoms with Gasteiger partial charge in [-0.15, -0.1) is 0 Å². The first-order valence-electron chi connectivity index (χ1n) is 9.84. The number of piperidine rings is 1. The third kappa shape index (κ3) is 5.72. The quantitative estimate of drug-likeness (QED) is 0.552. The minimum Gasteiger partial charge on any atom is -0.334 e. The van der Waals surface area contributed by atoms with Crippen LogP contribution in [-0.2, 0) is 13.1 Å². The Hall–Kier alpha value is -3.14. The summed E-state index contributed by atoms with van der Waals surface area (Å²) < 4.78 is 41.6. The molecule has 2 aromatic carbocycles. The predicted octanol–water partition coefficient (Wildman–Crippen LogP) is 3.82. The number of halogens is 3. The van der Waals surface area contributed by atoms with Crippen molar-refractivity contribution in [3.8, 4) is 0 Å². The molecule has 0 spiro atoms. The fourth-order valence-electron chi connectivity index (χ4n) is 3.57. The van der Waals surface area contributed by atoms with E-state index in [9.17, 15) is 28.1 Å². The molecule has 0 aliphatic carbocycles. The highest BCUT2D eigenvalue weighted by Crippen LogP contribution is 2.21. The average molecular weight is 436 g/mol. The van der Waals surface area contributed by atoms with E-state index in [4.69, 9.17) is 0 Å². The third-order valence-electron chi connectivity index (χ3n) is 5.42. The SMILES string of the molecule is CN1CCC(N(Cc2ccc(F)cc2F)C(=O)NCc2ccc([N+](=O)[O-])cc2F)CC1. The van der Waals surface area contributed by atoms with Gasteiger partial charge in [-0.25, -0.2) is 18.0 Å². The molecule has 0 unspecified atom stereocenters. The van der Waals surface area contributed by atoms with Crippen LogP contribution in [0.2, 0.25) is 0 Å². The summed E-state index contributed by atoms with van der Waals surface area (Å²) in [5.74, 6) is -2.25. The minimum atomic E-state index is -0.801. The molecule has 1 fully saturated rings. The number of nitrogens with zero attached hydrogens (tertiary/aromatic N) is 3. The first kappa shape index (κ1) is 22.5. The molecular weight excluding hydrogens is 413 g/mol. The number of carbonyl (C=O) groups is 1. The van der Waals surface area contributed by atoms with Crippen LogP contribution in [0.25, 0.3) is 0 Å². The number of hydrogen-bond donors (Lipinski definition) is 1. The van der Waals surface area contributed by atoms with Gasteiger partial charge >= 0.3 is 6.03 Å². The zero-order chi connectivity index (χ0) is 22.5. The molecule has 10 heteroatoms. The van der Waals surface area contributed by atoms with E-state index in [1.807, 2.05) is 7.05 Å². The highest BCUT2D eigenvalue weighted by molar-refractivity contribution is 5.74. The van der Waals surface area contributed by atoms with E-state index < -0.39 is 28.4 Å². The summed E-state index contributed by atoms with van der Waals surface area (Å²) in [5, 5.41) is 13.4. The fourth-order valence-corrected chi connectivity index (χ4v) is 3.57. The standard InChI is InChI=1S/C21H23F3N4O3/c1-26-8-6-17(7-9-26)27(13-15-2-4-16(22)10-19(15)23)21(29)25-12-14-3-5-18(28(30)31)11-20(14)24/h2-5,10-11,17H,6-9,12-13H2,1H3,(H,25,29). The smallest absolute Gasteiger partial charge is 0.318 e. The number of nitro benzene ring substituents is 1. The first-order valence-corrected chi connectivity index (χ1v) is 9.84. The Morgan fingerprint density at radius 1 is 1.13 bits per heavy atom. The van der Waals surface area contributed by atoms with Crippen molar-refractivity contribution in [1.29, 1.82) is 0 Å². The summed E-state index contributed by atoms with van der Waals surface area (Å²) in [6, 6.07) is 5.72. The minimum absolute atomic E-state index is 0.0604. The molecule has 3 rings (SSSR count). The van der Waals surface area contributed by atoms with Crippen molar-refractivity contribution in [2.24, 2.45) is 0 Å². The van der Waals surface area contributed by atoms with E-state index in [2.05, 4.69) is 10.2 Å². The van der Waals surface area contributed by atoms with Crippen LogP contribution in [0, 0.1) is 27.6 Å². The maximum Gasteiger partial charge on any atom is 0.318 e. The number of urea groups is 1. The summed E-state index contributed by atoms with van der Waals surface area (Å²) in [5.41, 5.74) is -0.112. The second kappa shape index (κ2) is 9.78. The molecule has 1 N–H and O–H groups in total. The summed E-state index contributed by atoms with van der Waals surface area (Å²) in [6.45, 7) is 1.28. The van der Waals surface area contributed by atoms with E-state index >= 15 is 0 Å². The fraction of sp³-hybridized carbons (Fsp3) is 0.381. The number of amides is 2. The van der Waals surface area contributed by atoms with Crippen molar-refractivity contribution in [2.75, 3.05) is 20.1 Å². The van der Waals surface area contributed by atoms with Gasteiger partial charge in [0.25, 0.3) is 5.69 Å². The maximum absolute atomic E-state index is 14.2. The van der Waals surface area contributed by atoms with Crippen LogP contribution in [-0.4, -0.2) is 46.9 Å². The Balaban J connectivity index is 1.74. The number of nitro groups is 1. The van der Waals surface area contributed by atoms with Crippen molar-refractivity contribution < 1.29 is 22.9 Å². The van der Waals surface area contributed by atoms with Crippen LogP contribution in [0.15, 0.2) is 36.4 Å². The molecule has 0 bridgehead atoms. The molecule has 2 amide bonds. The summed E-state index contributed by atoms with van der Waals surface area (Å²) >= 11 is 0. The van der Waals surface area contributed by atoms with E-state index in [-0.39, 0.29) is 35.9 Å². The number of nitrogens with one attached hydrogen (secondary N) is 1. The molecule has 0 saturated carbocycles. The van der Waals surface area contributed by atoms with Crippen molar-refractivity contribution in [2.45, 2.75) is 32.0 Å². The van der Waals surface area contributed by atoms with Crippen LogP contribution in [0.5, 0.6) is 0 Å². The molecule has 0 aromatic heterocycles. The highest BCUT2D eigenvalue weighted by atomic mass is 19.1. The van der Waals surface area contributed by atoms with E-state index in [1.54, 1.807) is 0 Å². The Morgan fingerprint density at radius 3 is 2.39 bits per heavy atom. The van der Waals surface area contributed by atoms with Gasteiger partial charge in [-0.1, -0.05) is 6.07 Å². The number of carbonyl (C=O) groups excluding carboxylic acids is 1. The topological polar surface area (TPSA) is 78.7 Å². The molecule has 0 atom stereocenters. The van der Waals surface area contributed by atoms with Crippen LogP contribution >= 0.6 is 0 Å². The van der Waals surface area contributed by atoms with Crippen LogP contribution in [0.4, 0.5) is 23.7 Å². The largest absolute Gasteiger partial charge is 0.334 e. The Morgan fingerprint density at radius 2 is 1.77 bits per heavy atom. The molecule has 2 aromatic rings. The lowest BCUT2D eigenvalue weighted by atomic mass is 10.0. The van der Waals surface area contributed by atoms with Gasteiger partial charge < -0.3 is 15.1 Å². The molecule has 166 valence electrons. The zero-order valence-electron chi connectivity index (χ0n) is 17.0. The molecule has 1 aliphatic rings. The van der Waals surface area contributed by atoms with Gasteiger partial charge in [-0.2, -0.15) is 0 Å². The number of non-ortho nitro benzene ring substituents is 1. The van der Waals surface area contributed by atoms with Gasteiger partial charge in [0.15, 0.2) is 0 Å². The van der Waals surface area contributed by atoms with Crippen molar-refractivity contribution in [3.63, 3.8) is 0 Å². The second-order valence-electron chi connectivity index (χ2n) is 7.59. The lowest BCUT2D eigenvalue weighted by Crippen LogP contribution is -2.49. The first-order chi connectivity index (χ1) is 14.7.